The summed E-state index contributed by atoms with van der Waals surface area (Å²) in [5, 5.41) is 16.9. The molecule has 6 nitrogen and oxygen atoms in total. The maximum Gasteiger partial charge on any atom is 0.191 e. The summed E-state index contributed by atoms with van der Waals surface area (Å²) in [5.41, 5.74) is 1.86. The topological polar surface area (TPSA) is 75.1 Å². The van der Waals surface area contributed by atoms with Crippen LogP contribution in [-0.2, 0) is 5.41 Å². The van der Waals surface area contributed by atoms with Gasteiger partial charge >= 0.3 is 0 Å². The van der Waals surface area contributed by atoms with Crippen LogP contribution >= 0.6 is 0 Å². The molecule has 0 saturated carbocycles. The summed E-state index contributed by atoms with van der Waals surface area (Å²) in [4.78, 5) is 4.77. The number of hydrogen-bond acceptors (Lipinski definition) is 4. The maximum atomic E-state index is 10.3. The van der Waals surface area contributed by atoms with E-state index in [4.69, 9.17) is 14.5 Å². The van der Waals surface area contributed by atoms with E-state index in [1.165, 1.54) is 0 Å². The molecule has 0 saturated heterocycles. The van der Waals surface area contributed by atoms with Crippen molar-refractivity contribution in [1.82, 2.24) is 10.6 Å². The molecular weight excluding hydrogens is 378 g/mol. The summed E-state index contributed by atoms with van der Waals surface area (Å²) in [6.07, 6.45) is 0.109. The number of aliphatic hydroxyl groups excluding tert-OH is 1. The molecule has 0 aliphatic carbocycles. The summed E-state index contributed by atoms with van der Waals surface area (Å²) < 4.78 is 10.8. The lowest BCUT2D eigenvalue weighted by Crippen LogP contribution is -2.39. The summed E-state index contributed by atoms with van der Waals surface area (Å²) in [7, 11) is 3.28. The highest BCUT2D eigenvalue weighted by Gasteiger charge is 2.22. The number of ether oxygens (including phenoxy) is 2. The van der Waals surface area contributed by atoms with Crippen molar-refractivity contribution < 1.29 is 14.6 Å². The molecule has 0 radical (unpaired) electrons. The zero-order valence-corrected chi connectivity index (χ0v) is 18.7. The van der Waals surface area contributed by atoms with Gasteiger partial charge in [0.2, 0.25) is 0 Å². The van der Waals surface area contributed by atoms with Crippen molar-refractivity contribution >= 4 is 5.96 Å². The predicted octanol–water partition coefficient (Wildman–Crippen LogP) is 3.66. The Hall–Kier alpha value is -2.73. The first kappa shape index (κ1) is 23.5. The van der Waals surface area contributed by atoms with Crippen molar-refractivity contribution in [2.75, 3.05) is 33.9 Å². The normalized spacial score (nSPS) is 12.9. The number of aliphatic hydroxyl groups is 1. The van der Waals surface area contributed by atoms with E-state index in [2.05, 4.69) is 24.5 Å². The van der Waals surface area contributed by atoms with E-state index in [0.29, 0.717) is 31.0 Å². The maximum absolute atomic E-state index is 10.3. The Kier molecular flexibility index (Phi) is 8.99. The Morgan fingerprint density at radius 3 is 2.37 bits per heavy atom. The average Bonchev–Trinajstić information content (AvgIpc) is 2.77. The molecule has 3 N–H and O–H groups in total. The van der Waals surface area contributed by atoms with E-state index in [9.17, 15) is 5.11 Å². The molecule has 0 aliphatic rings. The first-order chi connectivity index (χ1) is 14.4. The predicted molar refractivity (Wildman–Crippen MR) is 123 cm³/mol. The van der Waals surface area contributed by atoms with Gasteiger partial charge in [0.25, 0.3) is 0 Å². The van der Waals surface area contributed by atoms with E-state index in [1.807, 2.05) is 55.5 Å². The number of hydrogen-bond donors (Lipinski definition) is 3. The molecule has 0 aromatic heterocycles. The SMILES string of the molecule is CCNC(=NCC(C)(C)c1ccc(OC)c(OC)c1)NCCC(O)c1ccccc1. The standard InChI is InChI=1S/C24H35N3O3/c1-6-25-23(26-15-14-20(28)18-10-8-7-9-11-18)27-17-24(2,3)19-12-13-21(29-4)22(16-19)30-5/h7-13,16,20,28H,6,14-15,17H2,1-5H3,(H2,25,26,27). The van der Waals surface area contributed by atoms with Gasteiger partial charge in [-0.05, 0) is 36.6 Å². The molecule has 0 amide bonds. The third kappa shape index (κ3) is 6.66. The lowest BCUT2D eigenvalue weighted by atomic mass is 9.84. The quantitative estimate of drug-likeness (QED) is 0.409. The molecule has 2 aromatic carbocycles. The number of methoxy groups -OCH3 is 2. The lowest BCUT2D eigenvalue weighted by molar-refractivity contribution is 0.168. The molecule has 0 aliphatic heterocycles. The van der Waals surface area contributed by atoms with Crippen molar-refractivity contribution in [3.63, 3.8) is 0 Å². The number of guanidine groups is 1. The van der Waals surface area contributed by atoms with Crippen molar-refractivity contribution in [3.8, 4) is 11.5 Å². The number of nitrogens with zero attached hydrogens (tertiary/aromatic N) is 1. The Bertz CT molecular complexity index is 807. The highest BCUT2D eigenvalue weighted by molar-refractivity contribution is 5.79. The average molecular weight is 414 g/mol. The fraction of sp³-hybridized carbons (Fsp3) is 0.458. The van der Waals surface area contributed by atoms with Gasteiger partial charge in [-0.15, -0.1) is 0 Å². The smallest absolute Gasteiger partial charge is 0.191 e. The zero-order valence-electron chi connectivity index (χ0n) is 18.7. The van der Waals surface area contributed by atoms with Crippen LogP contribution in [-0.4, -0.2) is 44.9 Å². The number of nitrogens with one attached hydrogen (secondary N) is 2. The van der Waals surface area contributed by atoms with Crippen LogP contribution in [0, 0.1) is 0 Å². The van der Waals surface area contributed by atoms with Gasteiger partial charge in [-0.3, -0.25) is 4.99 Å². The third-order valence-corrected chi connectivity index (χ3v) is 5.04. The first-order valence-corrected chi connectivity index (χ1v) is 10.4. The van der Waals surface area contributed by atoms with Gasteiger partial charge in [0, 0.05) is 18.5 Å². The molecule has 0 fully saturated rings. The Labute approximate surface area is 180 Å². The molecule has 0 heterocycles. The van der Waals surface area contributed by atoms with Crippen LogP contribution in [0.1, 0.15) is 44.4 Å². The summed E-state index contributed by atoms with van der Waals surface area (Å²) in [6.45, 7) is 8.33. The van der Waals surface area contributed by atoms with Gasteiger partial charge in [0.05, 0.1) is 26.9 Å². The number of rotatable bonds is 10. The molecule has 164 valence electrons. The van der Waals surface area contributed by atoms with Crippen LogP contribution in [0.4, 0.5) is 0 Å². The summed E-state index contributed by atoms with van der Waals surface area (Å²) >= 11 is 0. The van der Waals surface area contributed by atoms with Gasteiger partial charge in [-0.25, -0.2) is 0 Å². The minimum absolute atomic E-state index is 0.189. The van der Waals surface area contributed by atoms with Crippen LogP contribution in [0.5, 0.6) is 11.5 Å². The van der Waals surface area contributed by atoms with Crippen LogP contribution in [0.25, 0.3) is 0 Å². The van der Waals surface area contributed by atoms with Crippen LogP contribution < -0.4 is 20.1 Å². The molecule has 6 heteroatoms. The lowest BCUT2D eigenvalue weighted by Gasteiger charge is -2.25. The van der Waals surface area contributed by atoms with Gasteiger partial charge in [0.15, 0.2) is 17.5 Å². The molecule has 1 atom stereocenters. The van der Waals surface area contributed by atoms with Gasteiger partial charge in [0.1, 0.15) is 0 Å². The first-order valence-electron chi connectivity index (χ1n) is 10.4. The van der Waals surface area contributed by atoms with Gasteiger partial charge in [-0.2, -0.15) is 0 Å². The Morgan fingerprint density at radius 2 is 1.73 bits per heavy atom. The highest BCUT2D eigenvalue weighted by Crippen LogP contribution is 2.33. The van der Waals surface area contributed by atoms with E-state index >= 15 is 0 Å². The number of aliphatic imine (C=N–C) groups is 1. The Morgan fingerprint density at radius 1 is 1.03 bits per heavy atom. The van der Waals surface area contributed by atoms with Crippen molar-refractivity contribution in [2.24, 2.45) is 4.99 Å². The summed E-state index contributed by atoms with van der Waals surface area (Å²) in [6, 6.07) is 15.7. The molecule has 0 bridgehead atoms. The van der Waals surface area contributed by atoms with E-state index < -0.39 is 6.10 Å². The van der Waals surface area contributed by atoms with Crippen LogP contribution in [0.2, 0.25) is 0 Å². The largest absolute Gasteiger partial charge is 0.493 e. The minimum atomic E-state index is -0.496. The summed E-state index contributed by atoms with van der Waals surface area (Å²) in [5.74, 6) is 2.17. The molecule has 2 aromatic rings. The highest BCUT2D eigenvalue weighted by atomic mass is 16.5. The second-order valence-corrected chi connectivity index (χ2v) is 7.79. The molecule has 0 spiro atoms. The molecule has 1 unspecified atom stereocenters. The van der Waals surface area contributed by atoms with Gasteiger partial charge < -0.3 is 25.2 Å². The van der Waals surface area contributed by atoms with E-state index in [1.54, 1.807) is 14.2 Å². The molecular formula is C24H35N3O3. The third-order valence-electron chi connectivity index (χ3n) is 5.04. The fourth-order valence-corrected chi connectivity index (χ4v) is 3.14. The molecule has 30 heavy (non-hydrogen) atoms. The van der Waals surface area contributed by atoms with E-state index in [0.717, 1.165) is 23.6 Å². The van der Waals surface area contributed by atoms with Crippen molar-refractivity contribution in [3.05, 3.63) is 59.7 Å². The van der Waals surface area contributed by atoms with Gasteiger partial charge in [-0.1, -0.05) is 50.2 Å². The fourth-order valence-electron chi connectivity index (χ4n) is 3.14. The monoisotopic (exact) mass is 413 g/mol. The van der Waals surface area contributed by atoms with Crippen molar-refractivity contribution in [1.29, 1.82) is 0 Å². The minimum Gasteiger partial charge on any atom is -0.493 e. The number of benzene rings is 2. The Balaban J connectivity index is 2.00. The van der Waals surface area contributed by atoms with Crippen LogP contribution in [0.15, 0.2) is 53.5 Å². The van der Waals surface area contributed by atoms with E-state index in [-0.39, 0.29) is 5.41 Å². The molecule has 2 rings (SSSR count). The van der Waals surface area contributed by atoms with Crippen molar-refractivity contribution in [2.45, 2.75) is 38.7 Å². The second-order valence-electron chi connectivity index (χ2n) is 7.79. The van der Waals surface area contributed by atoms with Crippen LogP contribution in [0.3, 0.4) is 0 Å². The zero-order chi connectivity index (χ0) is 22.0. The second kappa shape index (κ2) is 11.5.